The van der Waals surface area contributed by atoms with Gasteiger partial charge in [0, 0.05) is 24.2 Å². The van der Waals surface area contributed by atoms with Crippen molar-refractivity contribution in [3.8, 4) is 21.6 Å². The number of fused-ring (bicyclic) bond motifs is 3. The van der Waals surface area contributed by atoms with Gasteiger partial charge >= 0.3 is 0 Å². The van der Waals surface area contributed by atoms with Gasteiger partial charge in [-0.05, 0) is 65.8 Å². The van der Waals surface area contributed by atoms with Gasteiger partial charge in [0.25, 0.3) is 0 Å². The third kappa shape index (κ3) is 3.84. The molecule has 0 radical (unpaired) electrons. The van der Waals surface area contributed by atoms with Crippen molar-refractivity contribution < 1.29 is 18.0 Å². The Hall–Kier alpha value is -3.32. The van der Waals surface area contributed by atoms with E-state index in [-0.39, 0.29) is 17.0 Å². The molecule has 2 aromatic heterocycles. The Kier molecular flexibility index (Phi) is 5.35. The fourth-order valence-corrected chi connectivity index (χ4v) is 5.10. The molecule has 0 N–H and O–H groups in total. The first kappa shape index (κ1) is 20.6. The highest BCUT2D eigenvalue weighted by Gasteiger charge is 2.24. The fraction of sp³-hybridized carbons (Fsp3) is 0.160. The average Bonchev–Trinajstić information content (AvgIpc) is 3.13. The van der Waals surface area contributed by atoms with Gasteiger partial charge in [-0.1, -0.05) is 18.2 Å². The van der Waals surface area contributed by atoms with Crippen LogP contribution in [0.1, 0.15) is 33.0 Å². The van der Waals surface area contributed by atoms with Crippen LogP contribution in [0, 0.1) is 17.6 Å². The van der Waals surface area contributed by atoms with Gasteiger partial charge in [0.15, 0.2) is 10.8 Å². The summed E-state index contributed by atoms with van der Waals surface area (Å²) in [5.41, 5.74) is 4.20. The molecular formula is C25H17F3N2OS. The first-order valence-corrected chi connectivity index (χ1v) is 11.0. The number of aromatic nitrogens is 2. The highest BCUT2D eigenvalue weighted by Crippen LogP contribution is 2.39. The molecule has 32 heavy (non-hydrogen) atoms. The van der Waals surface area contributed by atoms with Gasteiger partial charge < -0.3 is 0 Å². The van der Waals surface area contributed by atoms with E-state index in [0.717, 1.165) is 52.2 Å². The van der Waals surface area contributed by atoms with Crippen LogP contribution in [0.15, 0.2) is 54.7 Å². The van der Waals surface area contributed by atoms with Gasteiger partial charge in [-0.3, -0.25) is 4.79 Å². The zero-order valence-electron chi connectivity index (χ0n) is 16.9. The molecule has 0 spiro atoms. The molecule has 0 saturated carbocycles. The fourth-order valence-electron chi connectivity index (χ4n) is 4.00. The second-order valence-electron chi connectivity index (χ2n) is 7.69. The average molecular weight is 450 g/mol. The molecule has 0 unspecified atom stereocenters. The maximum absolute atomic E-state index is 14.0. The predicted molar refractivity (Wildman–Crippen MR) is 117 cm³/mol. The summed E-state index contributed by atoms with van der Waals surface area (Å²) in [5.74, 6) is -2.45. The van der Waals surface area contributed by atoms with E-state index in [1.807, 2.05) is 18.2 Å². The number of Topliss-reactive ketones (excluding diaryl/α,β-unsaturated/α-hetero) is 1. The smallest absolute Gasteiger partial charge is 0.213 e. The maximum Gasteiger partial charge on any atom is 0.213 e. The number of nitrogens with zero attached hydrogens (tertiary/aromatic N) is 2. The summed E-state index contributed by atoms with van der Waals surface area (Å²) in [4.78, 5) is 21.9. The minimum atomic E-state index is -0.740. The Labute approximate surface area is 186 Å². The summed E-state index contributed by atoms with van der Waals surface area (Å²) in [6, 6.07) is 12.6. The molecule has 1 aliphatic carbocycles. The number of thiazole rings is 1. The number of carbonyl (C=O) groups excluding carboxylic acids is 1. The van der Waals surface area contributed by atoms with Crippen molar-refractivity contribution in [1.82, 2.24) is 9.97 Å². The quantitative estimate of drug-likeness (QED) is 0.275. The number of pyridine rings is 1. The number of benzene rings is 2. The Bertz CT molecular complexity index is 1330. The lowest BCUT2D eigenvalue weighted by Gasteiger charge is -2.09. The van der Waals surface area contributed by atoms with Gasteiger partial charge in [0.2, 0.25) is 5.95 Å². The van der Waals surface area contributed by atoms with Crippen molar-refractivity contribution in [2.75, 3.05) is 0 Å². The van der Waals surface area contributed by atoms with Gasteiger partial charge in [-0.25, -0.2) is 18.7 Å². The first-order valence-electron chi connectivity index (χ1n) is 10.2. The van der Waals surface area contributed by atoms with Crippen molar-refractivity contribution in [2.45, 2.75) is 25.7 Å². The molecule has 0 bridgehead atoms. The molecule has 4 aromatic rings. The number of ketones is 1. The number of carbonyl (C=O) groups is 1. The molecule has 0 saturated heterocycles. The molecule has 2 aromatic carbocycles. The lowest BCUT2D eigenvalue weighted by molar-refractivity contribution is 0.0990. The van der Waals surface area contributed by atoms with Crippen LogP contribution in [-0.2, 0) is 19.3 Å². The first-order chi connectivity index (χ1) is 15.5. The number of rotatable bonds is 4. The Morgan fingerprint density at radius 1 is 0.969 bits per heavy atom. The highest BCUT2D eigenvalue weighted by atomic mass is 32.1. The molecule has 0 atom stereocenters. The zero-order valence-corrected chi connectivity index (χ0v) is 17.7. The molecule has 0 amide bonds. The van der Waals surface area contributed by atoms with Gasteiger partial charge in [-0.2, -0.15) is 4.39 Å². The molecule has 1 aliphatic rings. The molecule has 0 aliphatic heterocycles. The summed E-state index contributed by atoms with van der Waals surface area (Å²) in [6.07, 6.45) is 3.50. The largest absolute Gasteiger partial charge is 0.291 e. The van der Waals surface area contributed by atoms with Gasteiger partial charge in [-0.15, -0.1) is 11.3 Å². The molecule has 3 nitrogen and oxygen atoms in total. The number of aryl methyl sites for hydroxylation is 2. The SMILES string of the molecule is O=C(Cc1c(F)cccc1F)c1nc2c(s1)-c1cc(-c3ccnc(F)c3)ccc1CCC2. The molecule has 5 rings (SSSR count). The molecule has 2 heterocycles. The van der Waals surface area contributed by atoms with Crippen molar-refractivity contribution in [3.63, 3.8) is 0 Å². The van der Waals surface area contributed by atoms with E-state index in [1.54, 1.807) is 6.07 Å². The van der Waals surface area contributed by atoms with E-state index in [0.29, 0.717) is 12.0 Å². The van der Waals surface area contributed by atoms with Gasteiger partial charge in [0.1, 0.15) is 11.6 Å². The minimum absolute atomic E-state index is 0.242. The lowest BCUT2D eigenvalue weighted by Crippen LogP contribution is -2.07. The maximum atomic E-state index is 14.0. The number of hydrogen-bond acceptors (Lipinski definition) is 4. The predicted octanol–water partition coefficient (Wildman–Crippen LogP) is 6.20. The van der Waals surface area contributed by atoms with Gasteiger partial charge in [0.05, 0.1) is 10.6 Å². The van der Waals surface area contributed by atoms with Crippen LogP contribution in [0.2, 0.25) is 0 Å². The third-order valence-electron chi connectivity index (χ3n) is 5.61. The molecule has 160 valence electrons. The summed E-state index contributed by atoms with van der Waals surface area (Å²) in [7, 11) is 0. The van der Waals surface area contributed by atoms with Crippen LogP contribution in [0.4, 0.5) is 13.2 Å². The van der Waals surface area contributed by atoms with Crippen LogP contribution in [-0.4, -0.2) is 15.8 Å². The molecular weight excluding hydrogens is 433 g/mol. The Balaban J connectivity index is 1.53. The second-order valence-corrected chi connectivity index (χ2v) is 8.69. The van der Waals surface area contributed by atoms with E-state index in [1.165, 1.54) is 29.7 Å². The zero-order chi connectivity index (χ0) is 22.2. The van der Waals surface area contributed by atoms with Crippen LogP contribution in [0.5, 0.6) is 0 Å². The summed E-state index contributed by atoms with van der Waals surface area (Å²) < 4.78 is 41.6. The van der Waals surface area contributed by atoms with Crippen molar-refractivity contribution in [2.24, 2.45) is 0 Å². The Morgan fingerprint density at radius 3 is 2.53 bits per heavy atom. The van der Waals surface area contributed by atoms with E-state index < -0.39 is 23.4 Å². The topological polar surface area (TPSA) is 42.9 Å². The van der Waals surface area contributed by atoms with E-state index in [4.69, 9.17) is 0 Å². The standard InChI is InChI=1S/C25H17F3N2OS/c26-19-4-2-5-20(27)18(19)13-22(31)25-30-21-6-1-3-14-7-8-15(11-17(14)24(21)32-25)16-9-10-29-23(28)12-16/h2,4-5,7-12H,1,3,6,13H2. The van der Waals surface area contributed by atoms with Crippen molar-refractivity contribution in [3.05, 3.63) is 94.1 Å². The van der Waals surface area contributed by atoms with Crippen LogP contribution in [0.3, 0.4) is 0 Å². The van der Waals surface area contributed by atoms with E-state index in [9.17, 15) is 18.0 Å². The van der Waals surface area contributed by atoms with Crippen LogP contribution >= 0.6 is 11.3 Å². The molecule has 7 heteroatoms. The normalized spacial score (nSPS) is 12.7. The third-order valence-corrected chi connectivity index (χ3v) is 6.78. The number of hydrogen-bond donors (Lipinski definition) is 0. The van der Waals surface area contributed by atoms with E-state index >= 15 is 0 Å². The van der Waals surface area contributed by atoms with Crippen LogP contribution < -0.4 is 0 Å². The van der Waals surface area contributed by atoms with E-state index in [2.05, 4.69) is 9.97 Å². The summed E-state index contributed by atoms with van der Waals surface area (Å²) >= 11 is 1.25. The minimum Gasteiger partial charge on any atom is -0.291 e. The van der Waals surface area contributed by atoms with Crippen LogP contribution in [0.25, 0.3) is 21.6 Å². The monoisotopic (exact) mass is 450 g/mol. The summed E-state index contributed by atoms with van der Waals surface area (Å²) in [5, 5.41) is 0.242. The Morgan fingerprint density at radius 2 is 1.75 bits per heavy atom. The highest BCUT2D eigenvalue weighted by molar-refractivity contribution is 7.17. The second kappa shape index (κ2) is 8.31. The van der Waals surface area contributed by atoms with Crippen molar-refractivity contribution in [1.29, 1.82) is 0 Å². The molecule has 0 fully saturated rings. The number of halogens is 3. The lowest BCUT2D eigenvalue weighted by atomic mass is 9.98. The summed E-state index contributed by atoms with van der Waals surface area (Å²) in [6.45, 7) is 0. The van der Waals surface area contributed by atoms with Crippen molar-refractivity contribution >= 4 is 17.1 Å².